The van der Waals surface area contributed by atoms with Gasteiger partial charge in [0.15, 0.2) is 11.5 Å². The number of hydrogen-bond acceptors (Lipinski definition) is 5. The van der Waals surface area contributed by atoms with Crippen LogP contribution in [0.3, 0.4) is 0 Å². The van der Waals surface area contributed by atoms with Crippen LogP contribution in [0, 0.1) is 6.92 Å². The second-order valence-electron chi connectivity index (χ2n) is 4.92. The van der Waals surface area contributed by atoms with E-state index in [0.717, 1.165) is 11.4 Å². The molecule has 0 saturated carbocycles. The number of nitrogens with one attached hydrogen (secondary N) is 2. The van der Waals surface area contributed by atoms with Gasteiger partial charge in [-0.1, -0.05) is 0 Å². The van der Waals surface area contributed by atoms with Crippen molar-refractivity contribution in [2.24, 2.45) is 0 Å². The molecule has 1 amide bonds. The number of pyridine rings is 1. The minimum Gasteiger partial charge on any atom is -0.486 e. The molecule has 0 aliphatic carbocycles. The van der Waals surface area contributed by atoms with Crippen LogP contribution in [-0.2, 0) is 0 Å². The Bertz CT molecular complexity index is 716. The molecule has 2 heterocycles. The number of fused-ring (bicyclic) bond motifs is 1. The number of amides is 1. The van der Waals surface area contributed by atoms with Crippen molar-refractivity contribution in [2.45, 2.75) is 6.92 Å². The highest BCUT2D eigenvalue weighted by Gasteiger charge is 2.15. The fraction of sp³-hybridized carbons (Fsp3) is 0.250. The van der Waals surface area contributed by atoms with E-state index in [2.05, 4.69) is 15.6 Å². The van der Waals surface area contributed by atoms with Crippen LogP contribution in [-0.4, -0.2) is 31.2 Å². The Morgan fingerprint density at radius 3 is 2.73 bits per heavy atom. The summed E-state index contributed by atoms with van der Waals surface area (Å²) in [6, 6.07) is 6.99. The van der Waals surface area contributed by atoms with E-state index in [0.29, 0.717) is 36.0 Å². The van der Waals surface area contributed by atoms with Crippen molar-refractivity contribution in [2.75, 3.05) is 30.9 Å². The first-order valence-corrected chi connectivity index (χ1v) is 7.03. The molecule has 1 aliphatic heterocycles. The van der Waals surface area contributed by atoms with Gasteiger partial charge in [0.1, 0.15) is 13.2 Å². The SMILES string of the molecule is CNc1cc(NC(=O)c2ccc3c(c2)OCCO3)cnc1C. The summed E-state index contributed by atoms with van der Waals surface area (Å²) >= 11 is 0. The molecule has 0 fully saturated rings. The molecule has 0 unspecified atom stereocenters. The molecule has 6 nitrogen and oxygen atoms in total. The molecule has 0 radical (unpaired) electrons. The predicted octanol–water partition coefficient (Wildman–Crippen LogP) is 2.46. The molecule has 0 saturated heterocycles. The van der Waals surface area contributed by atoms with Gasteiger partial charge in [-0.25, -0.2) is 0 Å². The Morgan fingerprint density at radius 2 is 1.95 bits per heavy atom. The van der Waals surface area contributed by atoms with Crippen LogP contribution in [0.15, 0.2) is 30.5 Å². The lowest BCUT2D eigenvalue weighted by Gasteiger charge is -2.18. The van der Waals surface area contributed by atoms with Gasteiger partial charge in [0.05, 0.1) is 23.3 Å². The number of rotatable bonds is 3. The lowest BCUT2D eigenvalue weighted by Crippen LogP contribution is -2.17. The van der Waals surface area contributed by atoms with Gasteiger partial charge >= 0.3 is 0 Å². The maximum atomic E-state index is 12.3. The molecule has 0 spiro atoms. The first-order valence-electron chi connectivity index (χ1n) is 7.03. The summed E-state index contributed by atoms with van der Waals surface area (Å²) in [5, 5.41) is 5.87. The van der Waals surface area contributed by atoms with Crippen molar-refractivity contribution >= 4 is 17.3 Å². The molecule has 1 aromatic carbocycles. The normalized spacial score (nSPS) is 12.6. The molecular weight excluding hydrogens is 282 g/mol. The first kappa shape index (κ1) is 14.2. The molecule has 3 rings (SSSR count). The van der Waals surface area contributed by atoms with Crippen LogP contribution >= 0.6 is 0 Å². The number of nitrogens with zero attached hydrogens (tertiary/aromatic N) is 1. The number of aryl methyl sites for hydroxylation is 1. The Morgan fingerprint density at radius 1 is 1.18 bits per heavy atom. The maximum Gasteiger partial charge on any atom is 0.255 e. The van der Waals surface area contributed by atoms with Crippen LogP contribution in [0.25, 0.3) is 0 Å². The van der Waals surface area contributed by atoms with Crippen LogP contribution in [0.1, 0.15) is 16.1 Å². The average Bonchev–Trinajstić information content (AvgIpc) is 2.56. The summed E-state index contributed by atoms with van der Waals surface area (Å²) in [7, 11) is 1.82. The molecule has 2 N–H and O–H groups in total. The Balaban J connectivity index is 1.79. The van der Waals surface area contributed by atoms with Crippen molar-refractivity contribution in [1.82, 2.24) is 4.98 Å². The van der Waals surface area contributed by atoms with Gasteiger partial charge in [0.2, 0.25) is 0 Å². The van der Waals surface area contributed by atoms with Crippen LogP contribution < -0.4 is 20.1 Å². The van der Waals surface area contributed by atoms with Crippen LogP contribution in [0.4, 0.5) is 11.4 Å². The highest BCUT2D eigenvalue weighted by atomic mass is 16.6. The molecule has 6 heteroatoms. The first-order chi connectivity index (χ1) is 10.7. The van der Waals surface area contributed by atoms with Crippen molar-refractivity contribution < 1.29 is 14.3 Å². The second-order valence-corrected chi connectivity index (χ2v) is 4.92. The summed E-state index contributed by atoms with van der Waals surface area (Å²) in [5.41, 5.74) is 2.89. The minimum absolute atomic E-state index is 0.218. The van der Waals surface area contributed by atoms with Gasteiger partial charge in [0, 0.05) is 12.6 Å². The molecule has 0 atom stereocenters. The van der Waals surface area contributed by atoms with Gasteiger partial charge in [-0.15, -0.1) is 0 Å². The number of ether oxygens (including phenoxy) is 2. The zero-order chi connectivity index (χ0) is 15.5. The lowest BCUT2D eigenvalue weighted by molar-refractivity contribution is 0.102. The average molecular weight is 299 g/mol. The number of carbonyl (C=O) groups excluding carboxylic acids is 1. The third kappa shape index (κ3) is 2.81. The summed E-state index contributed by atoms with van der Waals surface area (Å²) in [5.74, 6) is 1.04. The van der Waals surface area contributed by atoms with E-state index in [1.54, 1.807) is 24.4 Å². The summed E-state index contributed by atoms with van der Waals surface area (Å²) in [4.78, 5) is 16.6. The van der Waals surface area contributed by atoms with E-state index < -0.39 is 0 Å². The highest BCUT2D eigenvalue weighted by Crippen LogP contribution is 2.31. The molecule has 0 bridgehead atoms. The smallest absolute Gasteiger partial charge is 0.255 e. The van der Waals surface area contributed by atoms with Crippen LogP contribution in [0.2, 0.25) is 0 Å². The van der Waals surface area contributed by atoms with Gasteiger partial charge in [-0.05, 0) is 31.2 Å². The lowest BCUT2D eigenvalue weighted by atomic mass is 10.1. The Hall–Kier alpha value is -2.76. The second kappa shape index (κ2) is 5.93. The zero-order valence-electron chi connectivity index (χ0n) is 12.5. The predicted molar refractivity (Wildman–Crippen MR) is 83.9 cm³/mol. The molecule has 22 heavy (non-hydrogen) atoms. The van der Waals surface area contributed by atoms with Gasteiger partial charge in [-0.2, -0.15) is 0 Å². The highest BCUT2D eigenvalue weighted by molar-refractivity contribution is 6.04. The standard InChI is InChI=1S/C16H17N3O3/c1-10-13(17-2)8-12(9-18-10)19-16(20)11-3-4-14-15(7-11)22-6-5-21-14/h3-4,7-9,17H,5-6H2,1-2H3,(H,19,20). The number of anilines is 2. The monoisotopic (exact) mass is 299 g/mol. The number of aromatic nitrogens is 1. The fourth-order valence-corrected chi connectivity index (χ4v) is 2.24. The van der Waals surface area contributed by atoms with Crippen molar-refractivity contribution in [3.63, 3.8) is 0 Å². The van der Waals surface area contributed by atoms with E-state index in [4.69, 9.17) is 9.47 Å². The molecular formula is C16H17N3O3. The van der Waals surface area contributed by atoms with E-state index in [1.807, 2.05) is 20.0 Å². The van der Waals surface area contributed by atoms with Gasteiger partial charge in [-0.3, -0.25) is 9.78 Å². The van der Waals surface area contributed by atoms with Crippen molar-refractivity contribution in [1.29, 1.82) is 0 Å². The third-order valence-electron chi connectivity index (χ3n) is 3.42. The molecule has 1 aromatic heterocycles. The summed E-state index contributed by atoms with van der Waals surface area (Å²) < 4.78 is 10.9. The van der Waals surface area contributed by atoms with Crippen LogP contribution in [0.5, 0.6) is 11.5 Å². The zero-order valence-corrected chi connectivity index (χ0v) is 12.5. The third-order valence-corrected chi connectivity index (χ3v) is 3.42. The largest absolute Gasteiger partial charge is 0.486 e. The number of benzene rings is 1. The topological polar surface area (TPSA) is 72.5 Å². The fourth-order valence-electron chi connectivity index (χ4n) is 2.24. The van der Waals surface area contributed by atoms with E-state index >= 15 is 0 Å². The van der Waals surface area contributed by atoms with E-state index in [1.165, 1.54) is 0 Å². The van der Waals surface area contributed by atoms with E-state index in [9.17, 15) is 4.79 Å². The molecule has 2 aromatic rings. The van der Waals surface area contributed by atoms with Gasteiger partial charge < -0.3 is 20.1 Å². The Labute approximate surface area is 128 Å². The molecule has 1 aliphatic rings. The van der Waals surface area contributed by atoms with E-state index in [-0.39, 0.29) is 5.91 Å². The summed E-state index contributed by atoms with van der Waals surface area (Å²) in [6.45, 7) is 2.92. The number of carbonyl (C=O) groups is 1. The summed E-state index contributed by atoms with van der Waals surface area (Å²) in [6.07, 6.45) is 1.63. The number of hydrogen-bond donors (Lipinski definition) is 2. The quantitative estimate of drug-likeness (QED) is 0.911. The van der Waals surface area contributed by atoms with Crippen molar-refractivity contribution in [3.05, 3.63) is 41.7 Å². The van der Waals surface area contributed by atoms with Crippen molar-refractivity contribution in [3.8, 4) is 11.5 Å². The minimum atomic E-state index is -0.218. The Kier molecular flexibility index (Phi) is 3.82. The molecule has 114 valence electrons. The maximum absolute atomic E-state index is 12.3. The van der Waals surface area contributed by atoms with Gasteiger partial charge in [0.25, 0.3) is 5.91 Å².